The number of ketones is 1. The first-order valence-corrected chi connectivity index (χ1v) is 3.04. The molecule has 0 aliphatic carbocycles. The van der Waals surface area contributed by atoms with Gasteiger partial charge in [0.25, 0.3) is 0 Å². The predicted molar refractivity (Wildman–Crippen MR) is 34.3 cm³/mol. The van der Waals surface area contributed by atoms with E-state index in [9.17, 15) is 14.7 Å². The summed E-state index contributed by atoms with van der Waals surface area (Å²) in [7, 11) is 0. The van der Waals surface area contributed by atoms with Crippen LogP contribution in [0.25, 0.3) is 0 Å². The van der Waals surface area contributed by atoms with Crippen LogP contribution in [0.1, 0.15) is 13.8 Å². The Kier molecular flexibility index (Phi) is 2.72. The zero-order valence-electron chi connectivity index (χ0n) is 6.33. The summed E-state index contributed by atoms with van der Waals surface area (Å²) in [6.45, 7) is 2.13. The van der Waals surface area contributed by atoms with E-state index in [-0.39, 0.29) is 0 Å². The largest absolute Gasteiger partial charge is 0.547 e. The molecule has 1 unspecified atom stereocenters. The maximum atomic E-state index is 10.8. The molecule has 0 bridgehead atoms. The molecular weight excluding hydrogens is 150 g/mol. The first-order valence-electron chi connectivity index (χ1n) is 3.04. The molecule has 0 aromatic heterocycles. The molecule has 0 saturated heterocycles. The van der Waals surface area contributed by atoms with Crippen LogP contribution < -0.4 is 10.8 Å². The van der Waals surface area contributed by atoms with Crippen LogP contribution in [0.2, 0.25) is 0 Å². The quantitative estimate of drug-likeness (QED) is 0.441. The molecule has 11 heavy (non-hydrogen) atoms. The maximum absolute atomic E-state index is 10.8. The Morgan fingerprint density at radius 1 is 1.64 bits per heavy atom. The number of carbonyl (C=O) groups excluding carboxylic acids is 2. The van der Waals surface area contributed by atoms with E-state index >= 15 is 0 Å². The van der Waals surface area contributed by atoms with Crippen molar-refractivity contribution < 1.29 is 19.8 Å². The third-order valence-corrected chi connectivity index (χ3v) is 1.29. The van der Waals surface area contributed by atoms with Gasteiger partial charge in [-0.1, -0.05) is 0 Å². The van der Waals surface area contributed by atoms with Gasteiger partial charge in [0.15, 0.2) is 11.4 Å². The lowest BCUT2D eigenvalue weighted by Crippen LogP contribution is -2.56. The van der Waals surface area contributed by atoms with Gasteiger partial charge in [0.1, 0.15) is 0 Å². The lowest BCUT2D eigenvalue weighted by Gasteiger charge is -2.24. The average Bonchev–Trinajstić information content (AvgIpc) is 1.85. The van der Waals surface area contributed by atoms with Crippen molar-refractivity contribution in [3.05, 3.63) is 0 Å². The Hall–Kier alpha value is -0.940. The SMILES string of the molecule is C[C@@H](N)C(=O)C(C)(O)C(=O)[O-]. The van der Waals surface area contributed by atoms with E-state index in [1.165, 1.54) is 6.92 Å². The predicted octanol–water partition coefficient (Wildman–Crippen LogP) is -2.60. The van der Waals surface area contributed by atoms with Crippen LogP contribution in [-0.2, 0) is 9.59 Å². The summed E-state index contributed by atoms with van der Waals surface area (Å²) in [5.74, 6) is -2.79. The van der Waals surface area contributed by atoms with E-state index in [0.29, 0.717) is 0 Å². The third kappa shape index (κ3) is 1.99. The van der Waals surface area contributed by atoms with E-state index in [0.717, 1.165) is 6.92 Å². The molecule has 0 spiro atoms. The van der Waals surface area contributed by atoms with Gasteiger partial charge < -0.3 is 20.7 Å². The van der Waals surface area contributed by atoms with E-state index in [1.54, 1.807) is 0 Å². The lowest BCUT2D eigenvalue weighted by molar-refractivity contribution is -0.320. The number of carboxylic acids is 1. The molecule has 0 aromatic rings. The lowest BCUT2D eigenvalue weighted by atomic mass is 9.97. The molecule has 0 saturated carbocycles. The van der Waals surface area contributed by atoms with Crippen molar-refractivity contribution >= 4 is 11.8 Å². The smallest absolute Gasteiger partial charge is 0.186 e. The Morgan fingerprint density at radius 2 is 2.00 bits per heavy atom. The van der Waals surface area contributed by atoms with Crippen molar-refractivity contribution in [1.29, 1.82) is 0 Å². The molecule has 0 amide bonds. The highest BCUT2D eigenvalue weighted by Gasteiger charge is 2.33. The number of nitrogens with two attached hydrogens (primary N) is 1. The summed E-state index contributed by atoms with van der Waals surface area (Å²) < 4.78 is 0. The van der Waals surface area contributed by atoms with E-state index < -0.39 is 23.4 Å². The first kappa shape index (κ1) is 10.1. The van der Waals surface area contributed by atoms with Crippen LogP contribution in [0.4, 0.5) is 0 Å². The second kappa shape index (κ2) is 2.98. The molecule has 5 nitrogen and oxygen atoms in total. The van der Waals surface area contributed by atoms with Crippen molar-refractivity contribution in [3.8, 4) is 0 Å². The fraction of sp³-hybridized carbons (Fsp3) is 0.667. The summed E-state index contributed by atoms with van der Waals surface area (Å²) in [4.78, 5) is 20.9. The number of carbonyl (C=O) groups is 2. The maximum Gasteiger partial charge on any atom is 0.186 e. The molecule has 2 atom stereocenters. The summed E-state index contributed by atoms with van der Waals surface area (Å²) in [5.41, 5.74) is 2.58. The van der Waals surface area contributed by atoms with E-state index in [2.05, 4.69) is 0 Å². The molecule has 0 fully saturated rings. The van der Waals surface area contributed by atoms with E-state index in [4.69, 9.17) is 10.8 Å². The summed E-state index contributed by atoms with van der Waals surface area (Å²) in [5, 5.41) is 19.1. The van der Waals surface area contributed by atoms with Crippen LogP contribution in [0.5, 0.6) is 0 Å². The van der Waals surface area contributed by atoms with Gasteiger partial charge in [-0.3, -0.25) is 4.79 Å². The zero-order chi connectivity index (χ0) is 9.23. The second-order valence-electron chi connectivity index (χ2n) is 2.51. The van der Waals surface area contributed by atoms with E-state index in [1.807, 2.05) is 0 Å². The van der Waals surface area contributed by atoms with Gasteiger partial charge in [-0.15, -0.1) is 0 Å². The molecule has 0 aliphatic heterocycles. The minimum absolute atomic E-state index is 0.841. The molecule has 0 aromatic carbocycles. The van der Waals surface area contributed by atoms with Gasteiger partial charge in [0.05, 0.1) is 12.0 Å². The number of Topliss-reactive ketones (excluding diaryl/α,β-unsaturated/α-hetero) is 1. The molecule has 0 aliphatic rings. The number of rotatable bonds is 3. The van der Waals surface area contributed by atoms with Crippen molar-refractivity contribution in [2.24, 2.45) is 5.73 Å². The van der Waals surface area contributed by atoms with Crippen LogP contribution in [0.15, 0.2) is 0 Å². The number of hydrogen-bond acceptors (Lipinski definition) is 5. The van der Waals surface area contributed by atoms with Crippen molar-refractivity contribution in [1.82, 2.24) is 0 Å². The molecule has 0 heterocycles. The number of aliphatic carboxylic acids is 1. The molecular formula is C6H10NO4-. The highest BCUT2D eigenvalue weighted by molar-refractivity contribution is 6.07. The monoisotopic (exact) mass is 160 g/mol. The summed E-state index contributed by atoms with van der Waals surface area (Å²) >= 11 is 0. The highest BCUT2D eigenvalue weighted by atomic mass is 16.4. The minimum atomic E-state index is -2.48. The van der Waals surface area contributed by atoms with Crippen LogP contribution >= 0.6 is 0 Å². The zero-order valence-corrected chi connectivity index (χ0v) is 6.33. The van der Waals surface area contributed by atoms with Crippen LogP contribution in [0, 0.1) is 0 Å². The first-order chi connectivity index (χ1) is 4.80. The van der Waals surface area contributed by atoms with Crippen LogP contribution in [0.3, 0.4) is 0 Å². The fourth-order valence-electron chi connectivity index (χ4n) is 0.544. The Bertz CT molecular complexity index is 185. The van der Waals surface area contributed by atoms with Crippen LogP contribution in [-0.4, -0.2) is 28.5 Å². The van der Waals surface area contributed by atoms with Gasteiger partial charge in [0.2, 0.25) is 0 Å². The Morgan fingerprint density at radius 3 is 2.09 bits per heavy atom. The minimum Gasteiger partial charge on any atom is -0.547 e. The number of carboxylic acid groups (broad SMARTS) is 1. The topological polar surface area (TPSA) is 103 Å². The van der Waals surface area contributed by atoms with Crippen molar-refractivity contribution in [2.75, 3.05) is 0 Å². The molecule has 5 heteroatoms. The Balaban J connectivity index is 4.56. The van der Waals surface area contributed by atoms with Gasteiger partial charge in [-0.05, 0) is 13.8 Å². The van der Waals surface area contributed by atoms with Gasteiger partial charge in [-0.25, -0.2) is 0 Å². The summed E-state index contributed by atoms with van der Waals surface area (Å²) in [6.07, 6.45) is 0. The van der Waals surface area contributed by atoms with Crippen molar-refractivity contribution in [3.63, 3.8) is 0 Å². The molecule has 64 valence electrons. The van der Waals surface area contributed by atoms with Gasteiger partial charge in [0, 0.05) is 0 Å². The number of hydrogen-bond donors (Lipinski definition) is 2. The molecule has 3 N–H and O–H groups in total. The Labute approximate surface area is 63.8 Å². The molecule has 0 radical (unpaired) electrons. The van der Waals surface area contributed by atoms with Gasteiger partial charge in [-0.2, -0.15) is 0 Å². The van der Waals surface area contributed by atoms with Crippen molar-refractivity contribution in [2.45, 2.75) is 25.5 Å². The second-order valence-corrected chi connectivity index (χ2v) is 2.51. The highest BCUT2D eigenvalue weighted by Crippen LogP contribution is 2.04. The van der Waals surface area contributed by atoms with Gasteiger partial charge >= 0.3 is 0 Å². The summed E-state index contributed by atoms with van der Waals surface area (Å²) in [6, 6.07) is -1.01. The average molecular weight is 160 g/mol. The standard InChI is InChI=1S/C6H11NO4/c1-3(7)4(8)6(2,11)5(9)10/h3,11H,7H2,1-2H3,(H,9,10)/p-1/t3-,6?/m1/s1. The normalized spacial score (nSPS) is 18.5. The molecule has 0 rings (SSSR count). The fourth-order valence-corrected chi connectivity index (χ4v) is 0.544. The number of aliphatic hydroxyl groups is 1. The third-order valence-electron chi connectivity index (χ3n) is 1.29.